The van der Waals surface area contributed by atoms with Gasteiger partial charge in [-0.05, 0) is 105 Å². The number of anilines is 6. The highest BCUT2D eigenvalue weighted by atomic mass is 15.1. The first-order chi connectivity index (χ1) is 25.1. The van der Waals surface area contributed by atoms with E-state index in [0.29, 0.717) is 0 Å². The Morgan fingerprint density at radius 2 is 0.843 bits per heavy atom. The van der Waals surface area contributed by atoms with Gasteiger partial charge in [0.05, 0.1) is 5.69 Å². The van der Waals surface area contributed by atoms with Gasteiger partial charge in [0.15, 0.2) is 0 Å². The molecule has 0 heterocycles. The van der Waals surface area contributed by atoms with E-state index in [1.165, 1.54) is 44.2 Å². The molecule has 2 nitrogen and oxygen atoms in total. The molecule has 0 amide bonds. The summed E-state index contributed by atoms with van der Waals surface area (Å²) in [5.41, 5.74) is 14.6. The normalized spacial score (nSPS) is 12.7. The summed E-state index contributed by atoms with van der Waals surface area (Å²) >= 11 is 0. The van der Waals surface area contributed by atoms with Gasteiger partial charge >= 0.3 is 0 Å². The summed E-state index contributed by atoms with van der Waals surface area (Å²) in [6.07, 6.45) is 0. The van der Waals surface area contributed by atoms with E-state index in [9.17, 15) is 0 Å². The molecule has 8 aromatic rings. The maximum Gasteiger partial charge on any atom is 0.0540 e. The maximum absolute atomic E-state index is 2.39. The summed E-state index contributed by atoms with van der Waals surface area (Å²) in [6, 6.07) is 70.2. The lowest BCUT2D eigenvalue weighted by molar-refractivity contribution is 0.660. The van der Waals surface area contributed by atoms with Crippen molar-refractivity contribution in [2.45, 2.75) is 19.3 Å². The standard InChI is InChI=1S/C49H38N2/c1-49(2)46-22-12-11-21-44(46)45-33-32-42(34-47(45)49)50(38-16-5-3-6-17-38)40-28-24-35(25-29-40)36-26-30-41(31-27-36)51(39-18-7-4-8-19-39)48-23-13-15-37-14-9-10-20-43(37)48/h3-34H,1-2H3. The lowest BCUT2D eigenvalue weighted by atomic mass is 9.82. The molecule has 1 aliphatic rings. The highest BCUT2D eigenvalue weighted by Crippen LogP contribution is 2.50. The monoisotopic (exact) mass is 654 g/mol. The molecule has 2 heteroatoms. The fourth-order valence-corrected chi connectivity index (χ4v) is 7.87. The van der Waals surface area contributed by atoms with Gasteiger partial charge in [0, 0.05) is 39.2 Å². The molecule has 244 valence electrons. The van der Waals surface area contributed by atoms with Crippen LogP contribution in [0.25, 0.3) is 33.0 Å². The van der Waals surface area contributed by atoms with Crippen LogP contribution in [-0.2, 0) is 5.41 Å². The van der Waals surface area contributed by atoms with Crippen molar-refractivity contribution in [3.05, 3.63) is 205 Å². The molecule has 8 aromatic carbocycles. The second-order valence-electron chi connectivity index (χ2n) is 13.8. The first kappa shape index (κ1) is 30.7. The molecule has 0 saturated carbocycles. The quantitative estimate of drug-likeness (QED) is 0.169. The van der Waals surface area contributed by atoms with Gasteiger partial charge in [0.2, 0.25) is 0 Å². The molecule has 51 heavy (non-hydrogen) atoms. The van der Waals surface area contributed by atoms with Gasteiger partial charge in [-0.3, -0.25) is 0 Å². The summed E-state index contributed by atoms with van der Waals surface area (Å²) in [6.45, 7) is 4.69. The largest absolute Gasteiger partial charge is 0.310 e. The Hall–Kier alpha value is -6.38. The van der Waals surface area contributed by atoms with E-state index in [1.807, 2.05) is 0 Å². The Morgan fingerprint density at radius 3 is 1.53 bits per heavy atom. The molecule has 0 aromatic heterocycles. The Kier molecular flexibility index (Phi) is 7.51. The van der Waals surface area contributed by atoms with Crippen molar-refractivity contribution in [3.8, 4) is 22.3 Å². The molecule has 9 rings (SSSR count). The molecule has 1 aliphatic carbocycles. The molecule has 0 fully saturated rings. The van der Waals surface area contributed by atoms with E-state index in [0.717, 1.165) is 34.1 Å². The predicted octanol–water partition coefficient (Wildman–Crippen LogP) is 13.8. The Bertz CT molecular complexity index is 2480. The zero-order valence-corrected chi connectivity index (χ0v) is 28.9. The van der Waals surface area contributed by atoms with Crippen LogP contribution in [-0.4, -0.2) is 0 Å². The maximum atomic E-state index is 2.39. The van der Waals surface area contributed by atoms with E-state index in [4.69, 9.17) is 0 Å². The highest BCUT2D eigenvalue weighted by molar-refractivity contribution is 5.99. The van der Waals surface area contributed by atoms with Crippen LogP contribution in [0.2, 0.25) is 0 Å². The molecule has 0 radical (unpaired) electrons. The SMILES string of the molecule is CC1(C)c2ccccc2-c2ccc(N(c3ccccc3)c3ccc(-c4ccc(N(c5ccccc5)c5cccc6ccccc56)cc4)cc3)cc21. The number of rotatable bonds is 7. The summed E-state index contributed by atoms with van der Waals surface area (Å²) < 4.78 is 0. The lowest BCUT2D eigenvalue weighted by Gasteiger charge is -2.28. The molecule has 0 bridgehead atoms. The van der Waals surface area contributed by atoms with E-state index in [1.54, 1.807) is 0 Å². The zero-order chi connectivity index (χ0) is 34.4. The van der Waals surface area contributed by atoms with Crippen LogP contribution in [0, 0.1) is 0 Å². The molecule has 0 spiro atoms. The summed E-state index contributed by atoms with van der Waals surface area (Å²) in [5, 5.41) is 2.45. The topological polar surface area (TPSA) is 6.48 Å². The molecule has 0 aliphatic heterocycles. The minimum atomic E-state index is -0.0655. The van der Waals surface area contributed by atoms with Gasteiger partial charge in [-0.2, -0.15) is 0 Å². The van der Waals surface area contributed by atoms with Crippen LogP contribution in [0.5, 0.6) is 0 Å². The summed E-state index contributed by atoms with van der Waals surface area (Å²) in [7, 11) is 0. The van der Waals surface area contributed by atoms with Crippen molar-refractivity contribution >= 4 is 44.9 Å². The minimum Gasteiger partial charge on any atom is -0.310 e. The zero-order valence-electron chi connectivity index (χ0n) is 28.9. The highest BCUT2D eigenvalue weighted by Gasteiger charge is 2.35. The first-order valence-electron chi connectivity index (χ1n) is 17.7. The summed E-state index contributed by atoms with van der Waals surface area (Å²) in [5.74, 6) is 0. The Balaban J connectivity index is 1.06. The fraction of sp³-hybridized carbons (Fsp3) is 0.0612. The van der Waals surface area contributed by atoms with Crippen molar-refractivity contribution < 1.29 is 0 Å². The Labute approximate surface area is 300 Å². The molecule has 0 N–H and O–H groups in total. The number of benzene rings is 8. The van der Waals surface area contributed by atoms with Crippen LogP contribution in [0.15, 0.2) is 194 Å². The van der Waals surface area contributed by atoms with Crippen LogP contribution in [0.3, 0.4) is 0 Å². The number of hydrogen-bond acceptors (Lipinski definition) is 2. The number of hydrogen-bond donors (Lipinski definition) is 0. The first-order valence-corrected chi connectivity index (χ1v) is 17.7. The Morgan fingerprint density at radius 1 is 0.353 bits per heavy atom. The van der Waals surface area contributed by atoms with Crippen LogP contribution < -0.4 is 9.80 Å². The number of nitrogens with zero attached hydrogens (tertiary/aromatic N) is 2. The molecular formula is C49H38N2. The second kappa shape index (κ2) is 12.5. The third-order valence-corrected chi connectivity index (χ3v) is 10.4. The summed E-state index contributed by atoms with van der Waals surface area (Å²) in [4.78, 5) is 4.72. The lowest BCUT2D eigenvalue weighted by Crippen LogP contribution is -2.16. The number of para-hydroxylation sites is 2. The average molecular weight is 655 g/mol. The van der Waals surface area contributed by atoms with Crippen molar-refractivity contribution in [2.24, 2.45) is 0 Å². The number of fused-ring (bicyclic) bond motifs is 4. The molecule has 0 unspecified atom stereocenters. The van der Waals surface area contributed by atoms with E-state index in [2.05, 4.69) is 218 Å². The van der Waals surface area contributed by atoms with Gasteiger partial charge in [-0.1, -0.05) is 141 Å². The van der Waals surface area contributed by atoms with Crippen LogP contribution in [0.4, 0.5) is 34.1 Å². The molecule has 0 atom stereocenters. The van der Waals surface area contributed by atoms with E-state index in [-0.39, 0.29) is 5.41 Å². The fourth-order valence-electron chi connectivity index (χ4n) is 7.87. The molecular weight excluding hydrogens is 617 g/mol. The minimum absolute atomic E-state index is 0.0655. The van der Waals surface area contributed by atoms with Gasteiger partial charge in [-0.25, -0.2) is 0 Å². The van der Waals surface area contributed by atoms with Gasteiger partial charge in [-0.15, -0.1) is 0 Å². The third-order valence-electron chi connectivity index (χ3n) is 10.4. The van der Waals surface area contributed by atoms with Gasteiger partial charge in [0.1, 0.15) is 0 Å². The van der Waals surface area contributed by atoms with Crippen molar-refractivity contribution in [1.82, 2.24) is 0 Å². The van der Waals surface area contributed by atoms with E-state index >= 15 is 0 Å². The van der Waals surface area contributed by atoms with Gasteiger partial charge < -0.3 is 9.80 Å². The van der Waals surface area contributed by atoms with Crippen LogP contribution in [0.1, 0.15) is 25.0 Å². The average Bonchev–Trinajstić information content (AvgIpc) is 3.42. The predicted molar refractivity (Wildman–Crippen MR) is 216 cm³/mol. The van der Waals surface area contributed by atoms with Gasteiger partial charge in [0.25, 0.3) is 0 Å². The third kappa shape index (κ3) is 5.37. The second-order valence-corrected chi connectivity index (χ2v) is 13.8. The van der Waals surface area contributed by atoms with Crippen molar-refractivity contribution in [2.75, 3.05) is 9.80 Å². The van der Waals surface area contributed by atoms with Crippen molar-refractivity contribution in [1.29, 1.82) is 0 Å². The van der Waals surface area contributed by atoms with Crippen LogP contribution >= 0.6 is 0 Å². The van der Waals surface area contributed by atoms with Crippen molar-refractivity contribution in [3.63, 3.8) is 0 Å². The van der Waals surface area contributed by atoms with E-state index < -0.39 is 0 Å². The molecule has 0 saturated heterocycles. The smallest absolute Gasteiger partial charge is 0.0540 e.